The van der Waals surface area contributed by atoms with Gasteiger partial charge in [0.05, 0.1) is 0 Å². The van der Waals surface area contributed by atoms with Crippen LogP contribution in [0.3, 0.4) is 0 Å². The number of hydrogen-bond donors (Lipinski definition) is 3. The van der Waals surface area contributed by atoms with Gasteiger partial charge in [-0.3, -0.25) is 4.79 Å². The lowest BCUT2D eigenvalue weighted by Gasteiger charge is -2.12. The van der Waals surface area contributed by atoms with Gasteiger partial charge in [-0.25, -0.2) is 4.79 Å². The number of anilines is 1. The number of amides is 1. The number of nitrogens with one attached hydrogen (secondary N) is 2. The number of carbonyl (C=O) groups excluding carboxylic acids is 1. The van der Waals surface area contributed by atoms with Crippen LogP contribution >= 0.6 is 23.4 Å². The Balaban J connectivity index is 2.79. The fourth-order valence-corrected chi connectivity index (χ4v) is 2.37. The number of aliphatic carboxylic acids is 1. The second-order valence-corrected chi connectivity index (χ2v) is 6.32. The number of nitriles is 1. The highest BCUT2D eigenvalue weighted by molar-refractivity contribution is 7.98. The van der Waals surface area contributed by atoms with Gasteiger partial charge < -0.3 is 15.7 Å². The van der Waals surface area contributed by atoms with E-state index in [1.54, 1.807) is 24.3 Å². The number of halogens is 1. The number of carboxylic acid groups (broad SMARTS) is 1. The first-order valence-electron chi connectivity index (χ1n) is 7.04. The lowest BCUT2D eigenvalue weighted by Crippen LogP contribution is -2.34. The Morgan fingerprint density at radius 1 is 1.50 bits per heavy atom. The monoisotopic (exact) mass is 367 g/mol. The summed E-state index contributed by atoms with van der Waals surface area (Å²) >= 11 is 7.50. The Morgan fingerprint density at radius 2 is 2.21 bits per heavy atom. The first-order chi connectivity index (χ1) is 11.4. The molecule has 6 nitrogen and oxygen atoms in total. The number of nitrogens with zero attached hydrogens (tertiary/aromatic N) is 1. The molecule has 0 heterocycles. The third-order valence-corrected chi connectivity index (χ3v) is 4.18. The van der Waals surface area contributed by atoms with E-state index in [0.717, 1.165) is 11.8 Å². The number of aryl methyl sites for hydroxylation is 1. The Labute approximate surface area is 149 Å². The highest BCUT2D eigenvalue weighted by Gasteiger charge is 2.16. The molecule has 1 amide bonds. The second-order valence-electron chi connectivity index (χ2n) is 4.93. The summed E-state index contributed by atoms with van der Waals surface area (Å²) in [6.07, 6.45) is 3.38. The van der Waals surface area contributed by atoms with Gasteiger partial charge >= 0.3 is 5.97 Å². The maximum Gasteiger partial charge on any atom is 0.326 e. The predicted octanol–water partition coefficient (Wildman–Crippen LogP) is 2.79. The number of thioether (sulfide) groups is 1. The SMILES string of the molecule is CSCCC(N/C=C(/C#N)C(=O)Nc1ccc(C)c(Cl)c1)C(=O)O. The third kappa shape index (κ3) is 6.14. The molecule has 0 radical (unpaired) electrons. The van der Waals surface area contributed by atoms with Crippen LogP contribution in [0.2, 0.25) is 5.02 Å². The van der Waals surface area contributed by atoms with Crippen LogP contribution in [0.4, 0.5) is 5.69 Å². The Hall–Kier alpha value is -2.17. The molecule has 8 heteroatoms. The fourth-order valence-electron chi connectivity index (χ4n) is 1.72. The summed E-state index contributed by atoms with van der Waals surface area (Å²) < 4.78 is 0. The highest BCUT2D eigenvalue weighted by atomic mass is 35.5. The van der Waals surface area contributed by atoms with Crippen molar-refractivity contribution in [2.45, 2.75) is 19.4 Å². The minimum Gasteiger partial charge on any atom is -0.480 e. The molecule has 1 aromatic carbocycles. The zero-order chi connectivity index (χ0) is 18.1. The van der Waals surface area contributed by atoms with Crippen molar-refractivity contribution < 1.29 is 14.7 Å². The van der Waals surface area contributed by atoms with Gasteiger partial charge in [-0.15, -0.1) is 0 Å². The maximum absolute atomic E-state index is 12.1. The number of rotatable bonds is 8. The molecule has 1 unspecified atom stereocenters. The van der Waals surface area contributed by atoms with Crippen molar-refractivity contribution in [3.8, 4) is 6.07 Å². The number of hydrogen-bond acceptors (Lipinski definition) is 5. The van der Waals surface area contributed by atoms with Crippen LogP contribution in [0.15, 0.2) is 30.0 Å². The molecule has 128 valence electrons. The molecule has 0 aromatic heterocycles. The van der Waals surface area contributed by atoms with E-state index in [0.29, 0.717) is 22.9 Å². The summed E-state index contributed by atoms with van der Waals surface area (Å²) in [5.74, 6) is -1.03. The van der Waals surface area contributed by atoms with Gasteiger partial charge in [0, 0.05) is 16.9 Å². The van der Waals surface area contributed by atoms with E-state index in [1.807, 2.05) is 13.2 Å². The molecule has 1 rings (SSSR count). The van der Waals surface area contributed by atoms with Gasteiger partial charge in [0.15, 0.2) is 0 Å². The van der Waals surface area contributed by atoms with E-state index < -0.39 is 17.9 Å². The zero-order valence-electron chi connectivity index (χ0n) is 13.3. The van der Waals surface area contributed by atoms with Gasteiger partial charge in [-0.05, 0) is 43.0 Å². The minimum atomic E-state index is -1.04. The minimum absolute atomic E-state index is 0.220. The molecule has 0 aliphatic carbocycles. The first-order valence-corrected chi connectivity index (χ1v) is 8.81. The van der Waals surface area contributed by atoms with Crippen molar-refractivity contribution in [1.29, 1.82) is 5.26 Å². The van der Waals surface area contributed by atoms with Crippen LogP contribution in [0, 0.1) is 18.3 Å². The average molecular weight is 368 g/mol. The van der Waals surface area contributed by atoms with Crippen LogP contribution in [-0.4, -0.2) is 35.0 Å². The molecule has 0 fully saturated rings. The summed E-state index contributed by atoms with van der Waals surface area (Å²) in [5, 5.41) is 23.9. The molecule has 0 aliphatic heterocycles. The van der Waals surface area contributed by atoms with Crippen molar-refractivity contribution in [3.05, 3.63) is 40.6 Å². The third-order valence-electron chi connectivity index (χ3n) is 3.13. The summed E-state index contributed by atoms with van der Waals surface area (Å²) in [6.45, 7) is 1.83. The summed E-state index contributed by atoms with van der Waals surface area (Å²) in [6, 6.07) is 5.89. The van der Waals surface area contributed by atoms with E-state index in [1.165, 1.54) is 11.8 Å². The highest BCUT2D eigenvalue weighted by Crippen LogP contribution is 2.20. The molecule has 0 aliphatic rings. The average Bonchev–Trinajstić information content (AvgIpc) is 2.54. The van der Waals surface area contributed by atoms with Crippen LogP contribution in [-0.2, 0) is 9.59 Å². The molecule has 0 bridgehead atoms. The van der Waals surface area contributed by atoms with Crippen molar-refractivity contribution >= 4 is 40.9 Å². The summed E-state index contributed by atoms with van der Waals surface area (Å²) in [7, 11) is 0. The Morgan fingerprint density at radius 3 is 2.75 bits per heavy atom. The standard InChI is InChI=1S/C16H18ClN3O3S/c1-10-3-4-12(7-13(10)17)20-15(21)11(8-18)9-19-14(16(22)23)5-6-24-2/h3-4,7,9,14,19H,5-6H2,1-2H3,(H,20,21)(H,22,23)/b11-9-. The molecule has 1 aromatic rings. The quantitative estimate of drug-likeness (QED) is 0.482. The zero-order valence-corrected chi connectivity index (χ0v) is 14.9. The number of benzene rings is 1. The van der Waals surface area contributed by atoms with E-state index >= 15 is 0 Å². The van der Waals surface area contributed by atoms with Gasteiger partial charge in [-0.2, -0.15) is 17.0 Å². The van der Waals surface area contributed by atoms with Gasteiger partial charge in [0.1, 0.15) is 17.7 Å². The van der Waals surface area contributed by atoms with E-state index in [9.17, 15) is 9.59 Å². The van der Waals surface area contributed by atoms with E-state index in [2.05, 4.69) is 10.6 Å². The Bertz CT molecular complexity index is 686. The van der Waals surface area contributed by atoms with Gasteiger partial charge in [0.2, 0.25) is 0 Å². The molecule has 3 N–H and O–H groups in total. The lowest BCUT2D eigenvalue weighted by atomic mass is 10.2. The van der Waals surface area contributed by atoms with E-state index in [-0.39, 0.29) is 5.57 Å². The van der Waals surface area contributed by atoms with Gasteiger partial charge in [-0.1, -0.05) is 17.7 Å². The smallest absolute Gasteiger partial charge is 0.326 e. The molecule has 24 heavy (non-hydrogen) atoms. The number of carboxylic acids is 1. The Kier molecular flexibility index (Phi) is 8.16. The lowest BCUT2D eigenvalue weighted by molar-refractivity contribution is -0.139. The fraction of sp³-hybridized carbons (Fsp3) is 0.312. The molecule has 0 saturated carbocycles. The first kappa shape index (κ1) is 19.9. The normalized spacial score (nSPS) is 12.2. The molecule has 0 spiro atoms. The topological polar surface area (TPSA) is 102 Å². The van der Waals surface area contributed by atoms with Crippen LogP contribution in [0.5, 0.6) is 0 Å². The molecule has 1 atom stereocenters. The summed E-state index contributed by atoms with van der Waals surface area (Å²) in [5.41, 5.74) is 1.10. The summed E-state index contributed by atoms with van der Waals surface area (Å²) in [4.78, 5) is 23.2. The van der Waals surface area contributed by atoms with Crippen molar-refractivity contribution in [2.75, 3.05) is 17.3 Å². The number of carbonyl (C=O) groups is 2. The van der Waals surface area contributed by atoms with Crippen LogP contribution < -0.4 is 10.6 Å². The van der Waals surface area contributed by atoms with E-state index in [4.69, 9.17) is 22.0 Å². The molecular weight excluding hydrogens is 350 g/mol. The maximum atomic E-state index is 12.1. The van der Waals surface area contributed by atoms with Crippen molar-refractivity contribution in [1.82, 2.24) is 5.32 Å². The van der Waals surface area contributed by atoms with Crippen molar-refractivity contribution in [3.63, 3.8) is 0 Å². The predicted molar refractivity (Wildman–Crippen MR) is 96.1 cm³/mol. The second kappa shape index (κ2) is 9.85. The van der Waals surface area contributed by atoms with Crippen LogP contribution in [0.25, 0.3) is 0 Å². The van der Waals surface area contributed by atoms with Crippen molar-refractivity contribution in [2.24, 2.45) is 0 Å². The largest absolute Gasteiger partial charge is 0.480 e. The molecule has 0 saturated heterocycles. The molecular formula is C16H18ClN3O3S. The van der Waals surface area contributed by atoms with Gasteiger partial charge in [0.25, 0.3) is 5.91 Å². The van der Waals surface area contributed by atoms with Crippen LogP contribution in [0.1, 0.15) is 12.0 Å².